The molecule has 1 fully saturated rings. The zero-order valence-corrected chi connectivity index (χ0v) is 17.7. The van der Waals surface area contributed by atoms with Crippen molar-refractivity contribution in [3.8, 4) is 5.75 Å². The molecule has 0 radical (unpaired) electrons. The number of likely N-dealkylation sites (tertiary alicyclic amines) is 1. The fourth-order valence-corrected chi connectivity index (χ4v) is 5.24. The third-order valence-electron chi connectivity index (χ3n) is 6.85. The number of amides is 1. The van der Waals surface area contributed by atoms with E-state index in [2.05, 4.69) is 48.9 Å². The van der Waals surface area contributed by atoms with Gasteiger partial charge in [-0.05, 0) is 68.8 Å². The van der Waals surface area contributed by atoms with E-state index in [1.165, 1.54) is 11.1 Å². The van der Waals surface area contributed by atoms with Gasteiger partial charge in [-0.25, -0.2) is 0 Å². The molecule has 0 spiro atoms. The summed E-state index contributed by atoms with van der Waals surface area (Å²) in [6, 6.07) is 8.71. The van der Waals surface area contributed by atoms with Gasteiger partial charge in [-0.15, -0.1) is 0 Å². The Balaban J connectivity index is 1.73. The molecule has 2 aliphatic rings. The molecule has 154 valence electrons. The molecule has 29 heavy (non-hydrogen) atoms. The van der Waals surface area contributed by atoms with Gasteiger partial charge in [0.25, 0.3) is 0 Å². The molecule has 2 aromatic rings. The van der Waals surface area contributed by atoms with Crippen molar-refractivity contribution < 1.29 is 13.9 Å². The standard InChI is InChI=1S/C24H30N2O3/c1-5-26(22(27)9-6-17-10-13-29-16-17)23-21-14-18-7-8-19(28-4)15-20(18)24(23,2)11-12-25(21)3/h6-10,13,15-16,21,23H,5,11-12,14H2,1-4H3. The van der Waals surface area contributed by atoms with Crippen molar-refractivity contribution in [2.75, 3.05) is 27.2 Å². The average molecular weight is 395 g/mol. The minimum atomic E-state index is -0.103. The third kappa shape index (κ3) is 3.38. The van der Waals surface area contributed by atoms with Gasteiger partial charge in [-0.1, -0.05) is 13.0 Å². The van der Waals surface area contributed by atoms with Crippen molar-refractivity contribution in [2.45, 2.75) is 44.2 Å². The lowest BCUT2D eigenvalue weighted by Gasteiger charge is -2.57. The molecule has 1 aromatic carbocycles. The van der Waals surface area contributed by atoms with Crippen LogP contribution in [0.25, 0.3) is 6.08 Å². The number of piperidine rings is 1. The average Bonchev–Trinajstić information content (AvgIpc) is 3.25. The van der Waals surface area contributed by atoms with Crippen molar-refractivity contribution in [2.24, 2.45) is 0 Å². The van der Waals surface area contributed by atoms with Crippen molar-refractivity contribution in [3.05, 3.63) is 59.6 Å². The maximum Gasteiger partial charge on any atom is 0.246 e. The van der Waals surface area contributed by atoms with Gasteiger partial charge in [0.15, 0.2) is 0 Å². The highest BCUT2D eigenvalue weighted by Crippen LogP contribution is 2.47. The Morgan fingerprint density at radius 2 is 2.24 bits per heavy atom. The number of fused-ring (bicyclic) bond motifs is 4. The zero-order valence-electron chi connectivity index (χ0n) is 17.7. The lowest BCUT2D eigenvalue weighted by molar-refractivity contribution is -0.133. The minimum absolute atomic E-state index is 0.0524. The first-order valence-corrected chi connectivity index (χ1v) is 10.4. The number of hydrogen-bond acceptors (Lipinski definition) is 4. The van der Waals surface area contributed by atoms with E-state index in [1.54, 1.807) is 25.7 Å². The van der Waals surface area contributed by atoms with E-state index in [4.69, 9.17) is 9.15 Å². The highest BCUT2D eigenvalue weighted by Gasteiger charge is 2.52. The van der Waals surface area contributed by atoms with Crippen molar-refractivity contribution in [1.29, 1.82) is 0 Å². The Bertz CT molecular complexity index is 905. The number of hydrogen-bond donors (Lipinski definition) is 0. The van der Waals surface area contributed by atoms with Crippen LogP contribution < -0.4 is 4.74 Å². The summed E-state index contributed by atoms with van der Waals surface area (Å²) in [4.78, 5) is 17.7. The fourth-order valence-electron chi connectivity index (χ4n) is 5.24. The number of ether oxygens (including phenoxy) is 1. The Kier molecular flexibility index (Phi) is 5.26. The molecule has 3 atom stereocenters. The first kappa shape index (κ1) is 19.8. The van der Waals surface area contributed by atoms with Crippen LogP contribution in [0.5, 0.6) is 5.75 Å². The predicted octanol–water partition coefficient (Wildman–Crippen LogP) is 3.74. The van der Waals surface area contributed by atoms with Gasteiger partial charge in [0, 0.05) is 29.6 Å². The molecule has 1 amide bonds. The predicted molar refractivity (Wildman–Crippen MR) is 114 cm³/mol. The zero-order chi connectivity index (χ0) is 20.6. The first-order chi connectivity index (χ1) is 14.0. The molecule has 1 aliphatic carbocycles. The summed E-state index contributed by atoms with van der Waals surface area (Å²) in [6.07, 6.45) is 8.73. The normalized spacial score (nSPS) is 26.3. The molecule has 3 unspecified atom stereocenters. The second kappa shape index (κ2) is 7.71. The van der Waals surface area contributed by atoms with Crippen molar-refractivity contribution >= 4 is 12.0 Å². The van der Waals surface area contributed by atoms with E-state index in [1.807, 2.05) is 12.1 Å². The largest absolute Gasteiger partial charge is 0.497 e. The molecule has 5 heteroatoms. The second-order valence-corrected chi connectivity index (χ2v) is 8.40. The smallest absolute Gasteiger partial charge is 0.246 e. The summed E-state index contributed by atoms with van der Waals surface area (Å²) in [5, 5.41) is 0. The number of benzene rings is 1. The van der Waals surface area contributed by atoms with Crippen LogP contribution in [0, 0.1) is 0 Å². The Morgan fingerprint density at radius 1 is 1.41 bits per heavy atom. The lowest BCUT2D eigenvalue weighted by atomic mass is 9.61. The van der Waals surface area contributed by atoms with Gasteiger partial charge in [-0.3, -0.25) is 4.79 Å². The summed E-state index contributed by atoms with van der Waals surface area (Å²) in [5.41, 5.74) is 3.50. The number of rotatable bonds is 5. The van der Waals surface area contributed by atoms with Crippen LogP contribution in [0.2, 0.25) is 0 Å². The number of methoxy groups -OCH3 is 1. The topological polar surface area (TPSA) is 45.9 Å². The van der Waals surface area contributed by atoms with Crippen LogP contribution in [0.15, 0.2) is 47.3 Å². The van der Waals surface area contributed by atoms with Crippen molar-refractivity contribution in [1.82, 2.24) is 9.80 Å². The summed E-state index contributed by atoms with van der Waals surface area (Å²) < 4.78 is 10.6. The maximum atomic E-state index is 13.2. The summed E-state index contributed by atoms with van der Waals surface area (Å²) in [7, 11) is 3.90. The maximum absolute atomic E-state index is 13.2. The van der Waals surface area contributed by atoms with Gasteiger partial charge in [0.1, 0.15) is 5.75 Å². The molecule has 5 nitrogen and oxygen atoms in total. The molecule has 1 aromatic heterocycles. The number of likely N-dealkylation sites (N-methyl/N-ethyl adjacent to an activating group) is 2. The molecule has 4 rings (SSSR count). The van der Waals surface area contributed by atoms with E-state index in [0.717, 1.165) is 30.7 Å². The summed E-state index contributed by atoms with van der Waals surface area (Å²) in [6.45, 7) is 6.11. The van der Waals surface area contributed by atoms with E-state index in [-0.39, 0.29) is 17.4 Å². The van der Waals surface area contributed by atoms with Gasteiger partial charge in [0.05, 0.1) is 25.7 Å². The Labute approximate surface area is 172 Å². The van der Waals surface area contributed by atoms with Crippen LogP contribution in [-0.4, -0.2) is 55.0 Å². The molecular formula is C24H30N2O3. The summed E-state index contributed by atoms with van der Waals surface area (Å²) >= 11 is 0. The van der Waals surface area contributed by atoms with E-state index in [9.17, 15) is 4.79 Å². The van der Waals surface area contributed by atoms with Crippen LogP contribution in [0.3, 0.4) is 0 Å². The molecule has 0 saturated carbocycles. The highest BCUT2D eigenvalue weighted by molar-refractivity contribution is 5.92. The number of furan rings is 1. The molecule has 2 bridgehead atoms. The number of nitrogens with zero attached hydrogens (tertiary/aromatic N) is 2. The third-order valence-corrected chi connectivity index (χ3v) is 6.85. The SMILES string of the molecule is CCN(C(=O)C=Cc1ccoc1)C1C2Cc3ccc(OC)cc3C1(C)CCN2C. The van der Waals surface area contributed by atoms with Gasteiger partial charge in [0.2, 0.25) is 5.91 Å². The van der Waals surface area contributed by atoms with Gasteiger partial charge in [-0.2, -0.15) is 0 Å². The summed E-state index contributed by atoms with van der Waals surface area (Å²) in [5.74, 6) is 0.937. The molecule has 0 N–H and O–H groups in total. The molecule has 2 heterocycles. The number of carbonyl (C=O) groups excluding carboxylic acids is 1. The van der Waals surface area contributed by atoms with Gasteiger partial charge < -0.3 is 19.0 Å². The second-order valence-electron chi connectivity index (χ2n) is 8.40. The van der Waals surface area contributed by atoms with E-state index >= 15 is 0 Å². The fraction of sp³-hybridized carbons (Fsp3) is 0.458. The van der Waals surface area contributed by atoms with E-state index in [0.29, 0.717) is 12.6 Å². The van der Waals surface area contributed by atoms with Crippen LogP contribution in [-0.2, 0) is 16.6 Å². The van der Waals surface area contributed by atoms with Crippen LogP contribution >= 0.6 is 0 Å². The molecular weight excluding hydrogens is 364 g/mol. The molecule has 1 aliphatic heterocycles. The number of carbonyl (C=O) groups is 1. The highest BCUT2D eigenvalue weighted by atomic mass is 16.5. The lowest BCUT2D eigenvalue weighted by Crippen LogP contribution is -2.67. The minimum Gasteiger partial charge on any atom is -0.497 e. The first-order valence-electron chi connectivity index (χ1n) is 10.4. The monoisotopic (exact) mass is 394 g/mol. The Hall–Kier alpha value is -2.53. The van der Waals surface area contributed by atoms with Crippen LogP contribution in [0.1, 0.15) is 37.0 Å². The van der Waals surface area contributed by atoms with E-state index < -0.39 is 0 Å². The van der Waals surface area contributed by atoms with Gasteiger partial charge >= 0.3 is 0 Å². The quantitative estimate of drug-likeness (QED) is 0.725. The van der Waals surface area contributed by atoms with Crippen LogP contribution in [0.4, 0.5) is 0 Å². The van der Waals surface area contributed by atoms with Crippen molar-refractivity contribution in [3.63, 3.8) is 0 Å². The Morgan fingerprint density at radius 3 is 2.93 bits per heavy atom. The molecule has 1 saturated heterocycles.